The molecule has 1 aliphatic carbocycles. The number of rotatable bonds is 9. The van der Waals surface area contributed by atoms with E-state index in [4.69, 9.17) is 28.8 Å². The Morgan fingerprint density at radius 3 is 2.27 bits per heavy atom. The maximum Gasteiger partial charge on any atom is 0.329 e. The highest BCUT2D eigenvalue weighted by atomic mass is 16.7. The van der Waals surface area contributed by atoms with Crippen LogP contribution < -0.4 is 5.43 Å². The number of carbonyl (C=O) groups is 3. The molecule has 14 heteroatoms. The standard InChI is InChI=1S/C47H77N3O11.CH4/c1-12-15-34-21-28(4)20-29(5)22-40(58-10)43-41(59-11)24-31(7)47(56,61-43)44(53)45(54)50-19-14-13-16-36(50)46(55)60-42(32(8)38(52)26-35(34)49-48-27(2)3)30(6)23-33-17-18-37(51)39(25-33)57-9;/h12,21,23,27,29,31-34,36-43,48,51-52,56H,1,13-20,22,24-26H2,2-11H3;1H4/b28-21+,30-23+,49-35-;/t29-,31+,32+,33-,34+,36-,37+,38-,39+,40-,41-,42+,43+,47+;/m0./s1. The van der Waals surface area contributed by atoms with Gasteiger partial charge in [-0.05, 0) is 109 Å². The number of Topliss-reactive ketones (excluding diaryl/α,β-unsaturated/α-hetero) is 1. The van der Waals surface area contributed by atoms with Gasteiger partial charge in [0.15, 0.2) is 0 Å². The van der Waals surface area contributed by atoms with E-state index in [-0.39, 0.29) is 63.1 Å². The number of aliphatic hydroxyl groups excluding tert-OH is 2. The highest BCUT2D eigenvalue weighted by Crippen LogP contribution is 2.39. The Kier molecular flexibility index (Phi) is 21.0. The molecule has 0 spiro atoms. The predicted molar refractivity (Wildman–Crippen MR) is 240 cm³/mol. The second-order valence-electron chi connectivity index (χ2n) is 18.7. The lowest BCUT2D eigenvalue weighted by atomic mass is 9.81. The number of allylic oxidation sites excluding steroid dienone is 4. The van der Waals surface area contributed by atoms with Crippen molar-refractivity contribution in [2.24, 2.45) is 34.7 Å². The predicted octanol–water partition coefficient (Wildman–Crippen LogP) is 6.06. The Labute approximate surface area is 371 Å². The fourth-order valence-electron chi connectivity index (χ4n) is 9.78. The summed E-state index contributed by atoms with van der Waals surface area (Å²) in [4.78, 5) is 44.4. The van der Waals surface area contributed by atoms with Crippen molar-refractivity contribution in [3.63, 3.8) is 0 Å². The van der Waals surface area contributed by atoms with Crippen LogP contribution in [0.5, 0.6) is 0 Å². The number of carbonyl (C=O) groups excluding carboxylic acids is 3. The third-order valence-electron chi connectivity index (χ3n) is 13.4. The highest BCUT2D eigenvalue weighted by molar-refractivity contribution is 6.39. The summed E-state index contributed by atoms with van der Waals surface area (Å²) in [6, 6.07) is -1.08. The van der Waals surface area contributed by atoms with Crippen LogP contribution in [0, 0.1) is 29.6 Å². The van der Waals surface area contributed by atoms with Gasteiger partial charge in [0.25, 0.3) is 11.7 Å². The maximum atomic E-state index is 14.5. The summed E-state index contributed by atoms with van der Waals surface area (Å²) in [5, 5.41) is 39.7. The molecule has 0 unspecified atom stereocenters. The number of cyclic esters (lactones) is 1. The largest absolute Gasteiger partial charge is 0.456 e. The molecule has 4 N–H and O–H groups in total. The molecule has 0 radical (unpaired) electrons. The van der Waals surface area contributed by atoms with Gasteiger partial charge in [-0.15, -0.1) is 6.58 Å². The Morgan fingerprint density at radius 1 is 0.984 bits per heavy atom. The van der Waals surface area contributed by atoms with Crippen molar-refractivity contribution >= 4 is 23.4 Å². The number of piperidine rings is 1. The molecule has 2 saturated heterocycles. The molecule has 0 aromatic carbocycles. The van der Waals surface area contributed by atoms with Gasteiger partial charge < -0.3 is 49.3 Å². The number of fused-ring (bicyclic) bond motifs is 3. The lowest BCUT2D eigenvalue weighted by Gasteiger charge is -2.47. The summed E-state index contributed by atoms with van der Waals surface area (Å²) in [6.45, 7) is 17.7. The van der Waals surface area contributed by atoms with Crippen LogP contribution in [-0.4, -0.2) is 132 Å². The molecule has 3 fully saturated rings. The molecular formula is C48H81N3O11. The first-order valence-corrected chi connectivity index (χ1v) is 22.6. The number of ether oxygens (including phenoxy) is 5. The molecule has 4 aliphatic rings. The zero-order valence-corrected chi connectivity index (χ0v) is 38.5. The van der Waals surface area contributed by atoms with Crippen LogP contribution in [0.4, 0.5) is 0 Å². The first-order valence-electron chi connectivity index (χ1n) is 22.6. The van der Waals surface area contributed by atoms with Gasteiger partial charge in [0.2, 0.25) is 5.79 Å². The van der Waals surface area contributed by atoms with Crippen molar-refractivity contribution in [2.75, 3.05) is 27.9 Å². The summed E-state index contributed by atoms with van der Waals surface area (Å²) >= 11 is 0. The van der Waals surface area contributed by atoms with E-state index in [2.05, 4.69) is 31.9 Å². The van der Waals surface area contributed by atoms with Crippen LogP contribution in [0.15, 0.2) is 41.1 Å². The molecule has 354 valence electrons. The van der Waals surface area contributed by atoms with Gasteiger partial charge in [0.05, 0.1) is 30.5 Å². The van der Waals surface area contributed by atoms with E-state index in [1.54, 1.807) is 28.3 Å². The second-order valence-corrected chi connectivity index (χ2v) is 18.7. The van der Waals surface area contributed by atoms with Crippen LogP contribution in [0.1, 0.15) is 127 Å². The summed E-state index contributed by atoms with van der Waals surface area (Å²) in [5.41, 5.74) is 5.74. The first kappa shape index (κ1) is 53.4. The quantitative estimate of drug-likeness (QED) is 0.0910. The Bertz CT molecular complexity index is 1580. The second kappa shape index (κ2) is 24.3. The SMILES string of the molecule is C.C=CC[C@@H]1/C=C(\C)C[C@H](C)C[C@H](OC)[C@H]2O[C@@](O)(C(=O)C(=O)N3CCCC[C@H]3C(=O)O[C@H](/C(C)=C/[C@@H]3CC[C@@H](O)[C@H](OC)C3)[C@H](C)[C@@H](O)C/C1=N/NC(C)C)[C@H](C)C[C@@H]2OC. The third-order valence-corrected chi connectivity index (χ3v) is 13.4. The van der Waals surface area contributed by atoms with Gasteiger partial charge in [-0.25, -0.2) is 4.79 Å². The molecule has 2 bridgehead atoms. The minimum absolute atomic E-state index is 0. The van der Waals surface area contributed by atoms with E-state index in [0.29, 0.717) is 51.4 Å². The van der Waals surface area contributed by atoms with Gasteiger partial charge >= 0.3 is 5.97 Å². The Balaban J connectivity index is 0.0000102. The number of aliphatic hydroxyl groups is 3. The van der Waals surface area contributed by atoms with Crippen molar-refractivity contribution < 1.29 is 53.4 Å². The zero-order valence-electron chi connectivity index (χ0n) is 38.5. The lowest BCUT2D eigenvalue weighted by molar-refractivity contribution is -0.302. The van der Waals surface area contributed by atoms with Crippen LogP contribution in [0.2, 0.25) is 0 Å². The van der Waals surface area contributed by atoms with Crippen molar-refractivity contribution in [1.82, 2.24) is 10.3 Å². The third kappa shape index (κ3) is 13.3. The first-order chi connectivity index (χ1) is 28.9. The smallest absolute Gasteiger partial charge is 0.329 e. The van der Waals surface area contributed by atoms with Gasteiger partial charge in [-0.1, -0.05) is 52.0 Å². The average molecular weight is 876 g/mol. The molecule has 4 rings (SSSR count). The Morgan fingerprint density at radius 2 is 1.65 bits per heavy atom. The van der Waals surface area contributed by atoms with Crippen molar-refractivity contribution in [2.45, 2.75) is 187 Å². The van der Waals surface area contributed by atoms with Crippen LogP contribution in [0.3, 0.4) is 0 Å². The van der Waals surface area contributed by atoms with E-state index >= 15 is 0 Å². The number of nitrogens with zero attached hydrogens (tertiary/aromatic N) is 2. The fraction of sp³-hybridized carbons (Fsp3) is 0.792. The molecule has 3 heterocycles. The normalized spacial score (nSPS) is 39.1. The molecule has 1 amide bonds. The van der Waals surface area contributed by atoms with E-state index in [9.17, 15) is 29.7 Å². The van der Waals surface area contributed by atoms with Gasteiger partial charge in [-0.3, -0.25) is 9.59 Å². The summed E-state index contributed by atoms with van der Waals surface area (Å²) in [7, 11) is 4.69. The number of esters is 1. The molecule has 0 aromatic heterocycles. The van der Waals surface area contributed by atoms with E-state index in [1.165, 1.54) is 4.90 Å². The van der Waals surface area contributed by atoms with Crippen molar-refractivity contribution in [1.29, 1.82) is 0 Å². The Hall–Kier alpha value is -2.98. The lowest BCUT2D eigenvalue weighted by Crippen LogP contribution is -2.64. The summed E-state index contributed by atoms with van der Waals surface area (Å²) < 4.78 is 30.2. The van der Waals surface area contributed by atoms with E-state index in [0.717, 1.165) is 16.9 Å². The van der Waals surface area contributed by atoms with Crippen LogP contribution >= 0.6 is 0 Å². The summed E-state index contributed by atoms with van der Waals surface area (Å²) in [6.07, 6.45) is 6.59. The van der Waals surface area contributed by atoms with E-state index in [1.807, 2.05) is 39.8 Å². The van der Waals surface area contributed by atoms with Crippen molar-refractivity contribution in [3.05, 3.63) is 36.0 Å². The number of nitrogens with one attached hydrogen (secondary N) is 1. The number of methoxy groups -OCH3 is 3. The minimum atomic E-state index is -2.50. The van der Waals surface area contributed by atoms with Gasteiger partial charge in [0, 0.05) is 63.8 Å². The molecule has 14 atom stereocenters. The maximum absolute atomic E-state index is 14.5. The zero-order chi connectivity index (χ0) is 45.2. The number of amides is 1. The number of hydrogen-bond acceptors (Lipinski definition) is 13. The molecular weight excluding hydrogens is 795 g/mol. The summed E-state index contributed by atoms with van der Waals surface area (Å²) in [5.74, 6) is -6.94. The van der Waals surface area contributed by atoms with Gasteiger partial charge in [-0.2, -0.15) is 5.10 Å². The van der Waals surface area contributed by atoms with Crippen molar-refractivity contribution in [3.8, 4) is 0 Å². The average Bonchev–Trinajstić information content (AvgIpc) is 3.23. The fourth-order valence-corrected chi connectivity index (χ4v) is 9.78. The van der Waals surface area contributed by atoms with Crippen LogP contribution in [0.25, 0.3) is 0 Å². The van der Waals surface area contributed by atoms with Crippen LogP contribution in [-0.2, 0) is 38.1 Å². The highest BCUT2D eigenvalue weighted by Gasteiger charge is 2.56. The minimum Gasteiger partial charge on any atom is -0.456 e. The molecule has 14 nitrogen and oxygen atoms in total. The molecule has 1 saturated carbocycles. The molecule has 62 heavy (non-hydrogen) atoms. The number of hydrogen-bond donors (Lipinski definition) is 4. The number of ketones is 1. The molecule has 0 aromatic rings. The van der Waals surface area contributed by atoms with Gasteiger partial charge in [0.1, 0.15) is 18.2 Å². The monoisotopic (exact) mass is 876 g/mol. The van der Waals surface area contributed by atoms with E-state index < -0.39 is 77.9 Å². The number of hydrazone groups is 1. The topological polar surface area (TPSA) is 186 Å². The molecule has 3 aliphatic heterocycles.